The largest absolute Gasteiger partial charge is 0.493 e. The van der Waals surface area contributed by atoms with Crippen LogP contribution in [0.25, 0.3) is 0 Å². The Morgan fingerprint density at radius 1 is 1.45 bits per heavy atom. The zero-order chi connectivity index (χ0) is 15.0. The zero-order valence-electron chi connectivity index (χ0n) is 11.5. The van der Waals surface area contributed by atoms with E-state index >= 15 is 0 Å². The van der Waals surface area contributed by atoms with Crippen LogP contribution in [-0.4, -0.2) is 29.6 Å². The van der Waals surface area contributed by atoms with Crippen LogP contribution in [0, 0.1) is 0 Å². The second kappa shape index (κ2) is 7.99. The van der Waals surface area contributed by atoms with Crippen LogP contribution in [0.1, 0.15) is 18.9 Å². The first kappa shape index (κ1) is 15.8. The van der Waals surface area contributed by atoms with Crippen molar-refractivity contribution in [1.82, 2.24) is 5.32 Å². The van der Waals surface area contributed by atoms with E-state index in [0.717, 1.165) is 5.56 Å². The van der Waals surface area contributed by atoms with Gasteiger partial charge in [-0.15, -0.1) is 6.58 Å². The van der Waals surface area contributed by atoms with Crippen molar-refractivity contribution in [2.45, 2.75) is 25.8 Å². The predicted octanol–water partition coefficient (Wildman–Crippen LogP) is 1.77. The molecule has 0 heterocycles. The van der Waals surface area contributed by atoms with E-state index in [2.05, 4.69) is 11.9 Å². The number of allylic oxidation sites excluding steroid dienone is 1. The first-order chi connectivity index (χ1) is 9.54. The number of benzene rings is 1. The lowest BCUT2D eigenvalue weighted by molar-refractivity contribution is -0.141. The van der Waals surface area contributed by atoms with Crippen molar-refractivity contribution >= 4 is 11.9 Å². The van der Waals surface area contributed by atoms with Crippen molar-refractivity contribution in [2.75, 3.05) is 6.61 Å². The normalized spacial score (nSPS) is 11.4. The second-order valence-electron chi connectivity index (χ2n) is 4.33. The van der Waals surface area contributed by atoms with Crippen molar-refractivity contribution in [3.8, 4) is 5.75 Å². The zero-order valence-corrected chi connectivity index (χ0v) is 11.5. The molecule has 1 atom stereocenters. The summed E-state index contributed by atoms with van der Waals surface area (Å²) in [5.41, 5.74) is 1.00. The van der Waals surface area contributed by atoms with E-state index in [1.165, 1.54) is 6.92 Å². The van der Waals surface area contributed by atoms with Gasteiger partial charge < -0.3 is 15.2 Å². The summed E-state index contributed by atoms with van der Waals surface area (Å²) in [6.45, 7) is 5.30. The van der Waals surface area contributed by atoms with Crippen LogP contribution in [0.15, 0.2) is 36.9 Å². The fraction of sp³-hybridized carbons (Fsp3) is 0.333. The van der Waals surface area contributed by atoms with Crippen LogP contribution in [0.3, 0.4) is 0 Å². The molecule has 0 aliphatic rings. The Kier molecular flexibility index (Phi) is 6.29. The molecule has 1 aromatic rings. The van der Waals surface area contributed by atoms with Gasteiger partial charge in [-0.1, -0.05) is 24.3 Å². The summed E-state index contributed by atoms with van der Waals surface area (Å²) in [5, 5.41) is 11.0. The molecule has 0 radical (unpaired) electrons. The summed E-state index contributed by atoms with van der Waals surface area (Å²) in [6, 6.07) is 6.64. The highest BCUT2D eigenvalue weighted by Gasteiger charge is 2.13. The summed E-state index contributed by atoms with van der Waals surface area (Å²) < 4.78 is 5.55. The number of ether oxygens (including phenoxy) is 1. The number of carboxylic acid groups (broad SMARTS) is 1. The standard InChI is InChI=1S/C15H19NO4/c1-3-6-12-7-4-5-8-13(12)20-10-9-14(17)16-11(2)15(18)19/h3-5,7-8,11H,1,6,9-10H2,2H3,(H,16,17)(H,18,19). The molecule has 0 spiro atoms. The molecule has 1 unspecified atom stereocenters. The Morgan fingerprint density at radius 3 is 2.80 bits per heavy atom. The van der Waals surface area contributed by atoms with Gasteiger partial charge in [0, 0.05) is 0 Å². The lowest BCUT2D eigenvalue weighted by Crippen LogP contribution is -2.38. The number of carbonyl (C=O) groups is 2. The average molecular weight is 277 g/mol. The fourth-order valence-corrected chi connectivity index (χ4v) is 1.60. The van der Waals surface area contributed by atoms with Crippen molar-refractivity contribution in [1.29, 1.82) is 0 Å². The van der Waals surface area contributed by atoms with Crippen LogP contribution in [0.5, 0.6) is 5.75 Å². The van der Waals surface area contributed by atoms with Gasteiger partial charge in [0.1, 0.15) is 11.8 Å². The summed E-state index contributed by atoms with van der Waals surface area (Å²) in [7, 11) is 0. The lowest BCUT2D eigenvalue weighted by atomic mass is 10.1. The topological polar surface area (TPSA) is 75.6 Å². The third kappa shape index (κ3) is 5.14. The van der Waals surface area contributed by atoms with Gasteiger partial charge in [-0.3, -0.25) is 9.59 Å². The van der Waals surface area contributed by atoms with E-state index in [1.807, 2.05) is 24.3 Å². The second-order valence-corrected chi connectivity index (χ2v) is 4.33. The first-order valence-electron chi connectivity index (χ1n) is 6.38. The molecule has 0 saturated carbocycles. The molecule has 108 valence electrons. The maximum atomic E-state index is 11.5. The van der Waals surface area contributed by atoms with E-state index in [1.54, 1.807) is 6.08 Å². The van der Waals surface area contributed by atoms with Gasteiger partial charge in [0.15, 0.2) is 0 Å². The molecule has 2 N–H and O–H groups in total. The Hall–Kier alpha value is -2.30. The summed E-state index contributed by atoms with van der Waals surface area (Å²) in [4.78, 5) is 22.1. The predicted molar refractivity (Wildman–Crippen MR) is 75.7 cm³/mol. The molecule has 0 bridgehead atoms. The monoisotopic (exact) mass is 277 g/mol. The molecule has 5 nitrogen and oxygen atoms in total. The van der Waals surface area contributed by atoms with Crippen molar-refractivity contribution in [3.05, 3.63) is 42.5 Å². The molecule has 0 aromatic heterocycles. The maximum absolute atomic E-state index is 11.5. The van der Waals surface area contributed by atoms with Gasteiger partial charge in [0.05, 0.1) is 13.0 Å². The minimum Gasteiger partial charge on any atom is -0.493 e. The van der Waals surface area contributed by atoms with Crippen molar-refractivity contribution < 1.29 is 19.4 Å². The van der Waals surface area contributed by atoms with Gasteiger partial charge in [-0.05, 0) is 25.0 Å². The van der Waals surface area contributed by atoms with Gasteiger partial charge in [0.25, 0.3) is 0 Å². The fourth-order valence-electron chi connectivity index (χ4n) is 1.60. The molecular formula is C15H19NO4. The first-order valence-corrected chi connectivity index (χ1v) is 6.38. The number of carboxylic acids is 1. The van der Waals surface area contributed by atoms with Crippen LogP contribution < -0.4 is 10.1 Å². The van der Waals surface area contributed by atoms with Crippen LogP contribution in [0.4, 0.5) is 0 Å². The number of para-hydroxylation sites is 1. The smallest absolute Gasteiger partial charge is 0.325 e. The van der Waals surface area contributed by atoms with Crippen LogP contribution >= 0.6 is 0 Å². The third-order valence-electron chi connectivity index (χ3n) is 2.67. The van der Waals surface area contributed by atoms with Gasteiger partial charge in [-0.25, -0.2) is 0 Å². The number of rotatable bonds is 8. The van der Waals surface area contributed by atoms with Gasteiger partial charge in [-0.2, -0.15) is 0 Å². The quantitative estimate of drug-likeness (QED) is 0.710. The number of amides is 1. The van der Waals surface area contributed by atoms with E-state index in [9.17, 15) is 9.59 Å². The molecule has 0 fully saturated rings. The number of hydrogen-bond donors (Lipinski definition) is 2. The van der Waals surface area contributed by atoms with Crippen LogP contribution in [-0.2, 0) is 16.0 Å². The maximum Gasteiger partial charge on any atom is 0.325 e. The number of nitrogens with one attached hydrogen (secondary N) is 1. The number of aliphatic carboxylic acids is 1. The van der Waals surface area contributed by atoms with Gasteiger partial charge in [0.2, 0.25) is 5.91 Å². The molecule has 1 amide bonds. The highest BCUT2D eigenvalue weighted by molar-refractivity contribution is 5.83. The average Bonchev–Trinajstić information content (AvgIpc) is 2.40. The molecule has 20 heavy (non-hydrogen) atoms. The van der Waals surface area contributed by atoms with Gasteiger partial charge >= 0.3 is 5.97 Å². The SMILES string of the molecule is C=CCc1ccccc1OCCC(=O)NC(C)C(=O)O. The highest BCUT2D eigenvalue weighted by atomic mass is 16.5. The van der Waals surface area contributed by atoms with E-state index in [4.69, 9.17) is 9.84 Å². The van der Waals surface area contributed by atoms with Crippen LogP contribution in [0.2, 0.25) is 0 Å². The Morgan fingerprint density at radius 2 is 2.15 bits per heavy atom. The minimum atomic E-state index is -1.06. The third-order valence-corrected chi connectivity index (χ3v) is 2.67. The highest BCUT2D eigenvalue weighted by Crippen LogP contribution is 2.18. The number of hydrogen-bond acceptors (Lipinski definition) is 3. The van der Waals surface area contributed by atoms with E-state index < -0.39 is 12.0 Å². The molecule has 1 aromatic carbocycles. The number of carbonyl (C=O) groups excluding carboxylic acids is 1. The molecular weight excluding hydrogens is 258 g/mol. The molecule has 0 aliphatic heterocycles. The van der Waals surface area contributed by atoms with E-state index in [0.29, 0.717) is 12.2 Å². The molecule has 0 saturated heterocycles. The molecule has 5 heteroatoms. The minimum absolute atomic E-state index is 0.111. The molecule has 1 rings (SSSR count). The summed E-state index contributed by atoms with van der Waals surface area (Å²) in [6.07, 6.45) is 2.59. The van der Waals surface area contributed by atoms with Crippen molar-refractivity contribution in [3.63, 3.8) is 0 Å². The molecule has 0 aliphatic carbocycles. The Labute approximate surface area is 118 Å². The van der Waals surface area contributed by atoms with Crippen molar-refractivity contribution in [2.24, 2.45) is 0 Å². The Balaban J connectivity index is 2.42. The summed E-state index contributed by atoms with van der Waals surface area (Å²) >= 11 is 0. The van der Waals surface area contributed by atoms with E-state index in [-0.39, 0.29) is 18.9 Å². The lowest BCUT2D eigenvalue weighted by Gasteiger charge is -2.11. The Bertz CT molecular complexity index is 485. The summed E-state index contributed by atoms with van der Waals surface area (Å²) in [5.74, 6) is -0.691.